The van der Waals surface area contributed by atoms with E-state index in [1.165, 1.54) is 12.1 Å². The molecule has 0 saturated heterocycles. The van der Waals surface area contributed by atoms with Gasteiger partial charge in [0.05, 0.1) is 6.54 Å². The Balaban J connectivity index is 1.81. The van der Waals surface area contributed by atoms with Gasteiger partial charge >= 0.3 is 6.03 Å². The van der Waals surface area contributed by atoms with E-state index in [2.05, 4.69) is 10.6 Å². The Morgan fingerprint density at radius 1 is 0.962 bits per heavy atom. The number of benzene rings is 2. The van der Waals surface area contributed by atoms with Crippen molar-refractivity contribution in [2.75, 3.05) is 6.54 Å². The SMILES string of the molecule is CC(C)N(Cc1ccccc1)C(=O)CNC(=O)NCc1ccc(F)cc1. The molecule has 26 heavy (non-hydrogen) atoms. The minimum atomic E-state index is -0.439. The molecule has 0 fully saturated rings. The van der Waals surface area contributed by atoms with Crippen molar-refractivity contribution in [3.05, 3.63) is 71.5 Å². The van der Waals surface area contributed by atoms with Crippen LogP contribution in [0.5, 0.6) is 0 Å². The van der Waals surface area contributed by atoms with Crippen molar-refractivity contribution in [2.45, 2.75) is 33.0 Å². The van der Waals surface area contributed by atoms with E-state index in [4.69, 9.17) is 0 Å². The molecule has 2 aromatic carbocycles. The van der Waals surface area contributed by atoms with Gasteiger partial charge in [-0.1, -0.05) is 42.5 Å². The van der Waals surface area contributed by atoms with Crippen LogP contribution >= 0.6 is 0 Å². The van der Waals surface area contributed by atoms with E-state index in [1.54, 1.807) is 17.0 Å². The molecule has 0 bridgehead atoms. The van der Waals surface area contributed by atoms with E-state index in [9.17, 15) is 14.0 Å². The minimum Gasteiger partial charge on any atom is -0.334 e. The monoisotopic (exact) mass is 357 g/mol. The van der Waals surface area contributed by atoms with Crippen LogP contribution in [0.15, 0.2) is 54.6 Å². The third-order valence-corrected chi connectivity index (χ3v) is 3.91. The lowest BCUT2D eigenvalue weighted by Gasteiger charge is -2.27. The number of hydrogen-bond donors (Lipinski definition) is 2. The Labute approximate surface area is 153 Å². The molecule has 0 aromatic heterocycles. The van der Waals surface area contributed by atoms with Crippen LogP contribution < -0.4 is 10.6 Å². The lowest BCUT2D eigenvalue weighted by atomic mass is 10.2. The Bertz CT molecular complexity index is 718. The quantitative estimate of drug-likeness (QED) is 0.800. The zero-order chi connectivity index (χ0) is 18.9. The molecule has 2 aromatic rings. The summed E-state index contributed by atoms with van der Waals surface area (Å²) in [6.45, 7) is 4.56. The maximum atomic E-state index is 12.9. The van der Waals surface area contributed by atoms with Gasteiger partial charge in [-0.05, 0) is 37.1 Å². The summed E-state index contributed by atoms with van der Waals surface area (Å²) < 4.78 is 12.9. The standard InChI is InChI=1S/C20H24FN3O2/c1-15(2)24(14-17-6-4-3-5-7-17)19(25)13-23-20(26)22-12-16-8-10-18(21)11-9-16/h3-11,15H,12-14H2,1-2H3,(H2,22,23,26). The van der Waals surface area contributed by atoms with Crippen LogP contribution in [-0.2, 0) is 17.9 Å². The molecule has 0 atom stereocenters. The molecule has 0 unspecified atom stereocenters. The number of urea groups is 1. The largest absolute Gasteiger partial charge is 0.334 e. The molecule has 2 N–H and O–H groups in total. The molecule has 0 spiro atoms. The highest BCUT2D eigenvalue weighted by atomic mass is 19.1. The zero-order valence-corrected chi connectivity index (χ0v) is 15.0. The van der Waals surface area contributed by atoms with Crippen LogP contribution in [0.3, 0.4) is 0 Å². The second kappa shape index (κ2) is 9.56. The van der Waals surface area contributed by atoms with Crippen LogP contribution in [0.25, 0.3) is 0 Å². The Hall–Kier alpha value is -2.89. The molecule has 0 saturated carbocycles. The van der Waals surface area contributed by atoms with Gasteiger partial charge in [0.2, 0.25) is 5.91 Å². The smallest absolute Gasteiger partial charge is 0.315 e. The van der Waals surface area contributed by atoms with Crippen LogP contribution in [0.1, 0.15) is 25.0 Å². The van der Waals surface area contributed by atoms with Gasteiger partial charge in [-0.3, -0.25) is 4.79 Å². The van der Waals surface area contributed by atoms with E-state index >= 15 is 0 Å². The number of nitrogens with one attached hydrogen (secondary N) is 2. The predicted octanol–water partition coefficient (Wildman–Crippen LogP) is 3.06. The first-order valence-electron chi connectivity index (χ1n) is 8.55. The van der Waals surface area contributed by atoms with Crippen molar-refractivity contribution in [1.82, 2.24) is 15.5 Å². The number of amides is 3. The highest BCUT2D eigenvalue weighted by Crippen LogP contribution is 2.08. The fourth-order valence-corrected chi connectivity index (χ4v) is 2.44. The van der Waals surface area contributed by atoms with Crippen molar-refractivity contribution in [1.29, 1.82) is 0 Å². The molecular weight excluding hydrogens is 333 g/mol. The topological polar surface area (TPSA) is 61.4 Å². The summed E-state index contributed by atoms with van der Waals surface area (Å²) in [5.41, 5.74) is 1.82. The summed E-state index contributed by atoms with van der Waals surface area (Å²) in [6.07, 6.45) is 0. The van der Waals surface area contributed by atoms with Crippen molar-refractivity contribution in [2.24, 2.45) is 0 Å². The third-order valence-electron chi connectivity index (χ3n) is 3.91. The first-order chi connectivity index (χ1) is 12.5. The summed E-state index contributed by atoms with van der Waals surface area (Å²) >= 11 is 0. The van der Waals surface area contributed by atoms with Gasteiger partial charge in [0, 0.05) is 19.1 Å². The molecule has 0 heterocycles. The van der Waals surface area contributed by atoms with Gasteiger partial charge in [0.15, 0.2) is 0 Å². The van der Waals surface area contributed by atoms with Gasteiger partial charge in [-0.15, -0.1) is 0 Å². The molecular formula is C20H24FN3O2. The number of nitrogens with zero attached hydrogens (tertiary/aromatic N) is 1. The lowest BCUT2D eigenvalue weighted by Crippen LogP contribution is -2.45. The molecule has 3 amide bonds. The average Bonchev–Trinajstić information content (AvgIpc) is 2.64. The molecule has 0 radical (unpaired) electrons. The first-order valence-corrected chi connectivity index (χ1v) is 8.55. The van der Waals surface area contributed by atoms with E-state index in [0.717, 1.165) is 11.1 Å². The third kappa shape index (κ3) is 6.20. The number of halogens is 1. The molecule has 6 heteroatoms. The Morgan fingerprint density at radius 2 is 1.62 bits per heavy atom. The van der Waals surface area contributed by atoms with E-state index in [0.29, 0.717) is 6.54 Å². The Morgan fingerprint density at radius 3 is 2.23 bits per heavy atom. The highest BCUT2D eigenvalue weighted by Gasteiger charge is 2.17. The van der Waals surface area contributed by atoms with Crippen molar-refractivity contribution in [3.63, 3.8) is 0 Å². The lowest BCUT2D eigenvalue weighted by molar-refractivity contribution is -0.132. The molecule has 5 nitrogen and oxygen atoms in total. The van der Waals surface area contributed by atoms with Gasteiger partial charge in [-0.2, -0.15) is 0 Å². The maximum absolute atomic E-state index is 12.9. The van der Waals surface area contributed by atoms with E-state index < -0.39 is 6.03 Å². The number of rotatable bonds is 7. The van der Waals surface area contributed by atoms with Crippen LogP contribution in [0.4, 0.5) is 9.18 Å². The zero-order valence-electron chi connectivity index (χ0n) is 15.0. The molecule has 0 aliphatic rings. The van der Waals surface area contributed by atoms with Crippen molar-refractivity contribution < 1.29 is 14.0 Å². The number of carbonyl (C=O) groups excluding carboxylic acids is 2. The van der Waals surface area contributed by atoms with Gasteiger partial charge in [0.1, 0.15) is 5.82 Å². The number of hydrogen-bond acceptors (Lipinski definition) is 2. The van der Waals surface area contributed by atoms with Crippen LogP contribution in [-0.4, -0.2) is 29.4 Å². The van der Waals surface area contributed by atoms with Gasteiger partial charge < -0.3 is 15.5 Å². The van der Waals surface area contributed by atoms with Crippen LogP contribution in [0, 0.1) is 5.82 Å². The molecule has 0 aliphatic heterocycles. The first kappa shape index (κ1) is 19.4. The molecule has 2 rings (SSSR count). The van der Waals surface area contributed by atoms with Gasteiger partial charge in [0.25, 0.3) is 0 Å². The maximum Gasteiger partial charge on any atom is 0.315 e. The Kier molecular flexibility index (Phi) is 7.14. The normalized spacial score (nSPS) is 10.5. The summed E-state index contributed by atoms with van der Waals surface area (Å²) in [5.74, 6) is -0.475. The summed E-state index contributed by atoms with van der Waals surface area (Å²) in [5, 5.41) is 5.22. The minimum absolute atomic E-state index is 0.0202. The highest BCUT2D eigenvalue weighted by molar-refractivity contribution is 5.84. The summed E-state index contributed by atoms with van der Waals surface area (Å²) in [6, 6.07) is 15.2. The molecule has 0 aliphatic carbocycles. The summed E-state index contributed by atoms with van der Waals surface area (Å²) in [4.78, 5) is 26.0. The summed E-state index contributed by atoms with van der Waals surface area (Å²) in [7, 11) is 0. The van der Waals surface area contributed by atoms with E-state index in [-0.39, 0.29) is 30.9 Å². The fourth-order valence-electron chi connectivity index (χ4n) is 2.44. The number of carbonyl (C=O) groups is 2. The average molecular weight is 357 g/mol. The molecule has 138 valence electrons. The second-order valence-electron chi connectivity index (χ2n) is 6.26. The van der Waals surface area contributed by atoms with Crippen LogP contribution in [0.2, 0.25) is 0 Å². The van der Waals surface area contributed by atoms with Crippen molar-refractivity contribution in [3.8, 4) is 0 Å². The van der Waals surface area contributed by atoms with Crippen molar-refractivity contribution >= 4 is 11.9 Å². The van der Waals surface area contributed by atoms with Gasteiger partial charge in [-0.25, -0.2) is 9.18 Å². The fraction of sp³-hybridized carbons (Fsp3) is 0.300. The predicted molar refractivity (Wildman–Crippen MR) is 98.8 cm³/mol. The van der Waals surface area contributed by atoms with E-state index in [1.807, 2.05) is 44.2 Å². The second-order valence-corrected chi connectivity index (χ2v) is 6.26.